The minimum atomic E-state index is -1.74. The van der Waals surface area contributed by atoms with E-state index in [2.05, 4.69) is 70.1 Å². The van der Waals surface area contributed by atoms with Crippen LogP contribution in [0.2, 0.25) is 23.2 Å². The highest BCUT2D eigenvalue weighted by atomic mass is 35.5. The summed E-state index contributed by atoms with van der Waals surface area (Å²) in [6.07, 6.45) is 5.09. The Bertz CT molecular complexity index is 732. The predicted octanol–water partition coefficient (Wildman–Crippen LogP) is 6.24. The van der Waals surface area contributed by atoms with Gasteiger partial charge in [0.15, 0.2) is 8.32 Å². The molecule has 1 N–H and O–H groups in total. The number of benzene rings is 1. The first-order valence-corrected chi connectivity index (χ1v) is 14.8. The standard InChI is InChI=1S/C24H41ClN2O2Si/c1-23(2,3)30(6,7)29-15-14-28-18-12-13-21(19(25)16-18)27-22-11-9-8-10-20(22)26-17-24(27,4)5/h12-13,16,20,22,26H,8-11,14-15,17H2,1-7H3. The van der Waals surface area contributed by atoms with E-state index in [4.69, 9.17) is 20.8 Å². The Morgan fingerprint density at radius 1 is 1.17 bits per heavy atom. The quantitative estimate of drug-likeness (QED) is 0.409. The Morgan fingerprint density at radius 3 is 2.53 bits per heavy atom. The first-order valence-electron chi connectivity index (χ1n) is 11.5. The first kappa shape index (κ1) is 23.9. The maximum Gasteiger partial charge on any atom is 0.192 e. The fourth-order valence-corrected chi connectivity index (χ4v) is 5.81. The van der Waals surface area contributed by atoms with Crippen LogP contribution in [-0.4, -0.2) is 45.7 Å². The van der Waals surface area contributed by atoms with E-state index in [9.17, 15) is 0 Å². The van der Waals surface area contributed by atoms with E-state index in [1.165, 1.54) is 25.7 Å². The number of nitrogens with one attached hydrogen (secondary N) is 1. The maximum atomic E-state index is 6.80. The summed E-state index contributed by atoms with van der Waals surface area (Å²) in [5.41, 5.74) is 1.16. The van der Waals surface area contributed by atoms with Gasteiger partial charge in [0.2, 0.25) is 0 Å². The van der Waals surface area contributed by atoms with Crippen LogP contribution in [0, 0.1) is 0 Å². The third-order valence-corrected chi connectivity index (χ3v) is 12.2. The van der Waals surface area contributed by atoms with Crippen molar-refractivity contribution in [1.82, 2.24) is 5.32 Å². The van der Waals surface area contributed by atoms with Crippen molar-refractivity contribution in [2.45, 2.75) is 96.1 Å². The van der Waals surface area contributed by atoms with Gasteiger partial charge in [-0.05, 0) is 57.0 Å². The number of hydrogen-bond donors (Lipinski definition) is 1. The van der Waals surface area contributed by atoms with Gasteiger partial charge in [0.25, 0.3) is 0 Å². The second-order valence-electron chi connectivity index (χ2n) is 11.1. The zero-order chi connectivity index (χ0) is 22.2. The molecule has 2 unspecified atom stereocenters. The largest absolute Gasteiger partial charge is 0.491 e. The van der Waals surface area contributed by atoms with Gasteiger partial charge in [-0.25, -0.2) is 0 Å². The molecular formula is C24H41ClN2O2Si. The molecule has 0 bridgehead atoms. The van der Waals surface area contributed by atoms with Gasteiger partial charge in [-0.1, -0.05) is 45.2 Å². The number of rotatable bonds is 6. The summed E-state index contributed by atoms with van der Waals surface area (Å²) >= 11 is 6.80. The Balaban J connectivity index is 1.66. The molecule has 0 aromatic heterocycles. The molecular weight excluding hydrogens is 412 g/mol. The Morgan fingerprint density at radius 2 is 1.87 bits per heavy atom. The highest BCUT2D eigenvalue weighted by Gasteiger charge is 2.43. The molecule has 1 aliphatic heterocycles. The zero-order valence-electron chi connectivity index (χ0n) is 20.0. The molecule has 1 saturated carbocycles. The molecule has 1 aliphatic carbocycles. The van der Waals surface area contributed by atoms with Crippen molar-refractivity contribution in [3.63, 3.8) is 0 Å². The molecule has 0 spiro atoms. The molecule has 4 nitrogen and oxygen atoms in total. The summed E-state index contributed by atoms with van der Waals surface area (Å²) in [6.45, 7) is 18.1. The minimum absolute atomic E-state index is 0.0293. The molecule has 0 amide bonds. The summed E-state index contributed by atoms with van der Waals surface area (Å²) < 4.78 is 12.2. The van der Waals surface area contributed by atoms with Crippen LogP contribution in [0.15, 0.2) is 18.2 Å². The number of piperazine rings is 1. The van der Waals surface area contributed by atoms with Gasteiger partial charge < -0.3 is 19.4 Å². The van der Waals surface area contributed by atoms with Crippen LogP contribution in [0.1, 0.15) is 60.3 Å². The van der Waals surface area contributed by atoms with E-state index >= 15 is 0 Å². The van der Waals surface area contributed by atoms with Crippen molar-refractivity contribution < 1.29 is 9.16 Å². The van der Waals surface area contributed by atoms with Crippen LogP contribution < -0.4 is 15.0 Å². The summed E-state index contributed by atoms with van der Waals surface area (Å²) in [6, 6.07) is 7.24. The van der Waals surface area contributed by atoms with Crippen LogP contribution in [0.5, 0.6) is 5.75 Å². The molecule has 30 heavy (non-hydrogen) atoms. The number of fused-ring (bicyclic) bond motifs is 1. The second kappa shape index (κ2) is 9.01. The monoisotopic (exact) mass is 452 g/mol. The van der Waals surface area contributed by atoms with E-state index in [1.54, 1.807) is 0 Å². The van der Waals surface area contributed by atoms with E-state index < -0.39 is 8.32 Å². The van der Waals surface area contributed by atoms with Crippen molar-refractivity contribution in [1.29, 1.82) is 0 Å². The Labute approximate surface area is 189 Å². The molecule has 1 aromatic rings. The molecule has 1 heterocycles. The van der Waals surface area contributed by atoms with Crippen LogP contribution >= 0.6 is 11.6 Å². The van der Waals surface area contributed by atoms with E-state index in [-0.39, 0.29) is 10.6 Å². The number of anilines is 1. The van der Waals surface area contributed by atoms with Gasteiger partial charge in [0, 0.05) is 30.2 Å². The van der Waals surface area contributed by atoms with Crippen molar-refractivity contribution in [2.75, 3.05) is 24.7 Å². The average Bonchev–Trinajstić information content (AvgIpc) is 2.65. The lowest BCUT2D eigenvalue weighted by atomic mass is 9.82. The number of ether oxygens (including phenoxy) is 1. The summed E-state index contributed by atoms with van der Waals surface area (Å²) in [4.78, 5) is 2.57. The van der Waals surface area contributed by atoms with Crippen molar-refractivity contribution in [3.8, 4) is 5.75 Å². The third kappa shape index (κ3) is 5.17. The molecule has 6 heteroatoms. The van der Waals surface area contributed by atoms with Gasteiger partial charge in [-0.2, -0.15) is 0 Å². The number of nitrogens with zero attached hydrogens (tertiary/aromatic N) is 1. The lowest BCUT2D eigenvalue weighted by Crippen LogP contribution is -2.68. The van der Waals surface area contributed by atoms with Crippen LogP contribution in [0.25, 0.3) is 0 Å². The van der Waals surface area contributed by atoms with Crippen LogP contribution in [0.4, 0.5) is 5.69 Å². The fraction of sp³-hybridized carbons (Fsp3) is 0.750. The summed E-state index contributed by atoms with van der Waals surface area (Å²) in [5, 5.41) is 4.77. The molecule has 2 fully saturated rings. The predicted molar refractivity (Wildman–Crippen MR) is 131 cm³/mol. The van der Waals surface area contributed by atoms with Gasteiger partial charge in [0.05, 0.1) is 17.3 Å². The average molecular weight is 453 g/mol. The Hall–Kier alpha value is -0.753. The molecule has 1 aromatic carbocycles. The highest BCUT2D eigenvalue weighted by Crippen LogP contribution is 2.41. The fourth-order valence-electron chi connectivity index (χ4n) is 4.52. The minimum Gasteiger partial charge on any atom is -0.491 e. The van der Waals surface area contributed by atoms with Gasteiger partial charge in [0.1, 0.15) is 12.4 Å². The lowest BCUT2D eigenvalue weighted by Gasteiger charge is -2.55. The number of halogens is 1. The van der Waals surface area contributed by atoms with Crippen molar-refractivity contribution in [3.05, 3.63) is 23.2 Å². The third-order valence-electron chi connectivity index (χ3n) is 7.31. The molecule has 0 radical (unpaired) electrons. The summed E-state index contributed by atoms with van der Waals surface area (Å²) in [7, 11) is -1.74. The van der Waals surface area contributed by atoms with E-state index in [0.717, 1.165) is 23.0 Å². The normalized spacial score (nSPS) is 24.5. The first-order chi connectivity index (χ1) is 13.9. The molecule has 1 saturated heterocycles. The Kier molecular flexibility index (Phi) is 7.18. The lowest BCUT2D eigenvalue weighted by molar-refractivity contribution is 0.203. The van der Waals surface area contributed by atoms with Gasteiger partial charge in [-0.3, -0.25) is 0 Å². The van der Waals surface area contributed by atoms with Gasteiger partial charge >= 0.3 is 0 Å². The highest BCUT2D eigenvalue weighted by molar-refractivity contribution is 6.74. The van der Waals surface area contributed by atoms with Gasteiger partial charge in [-0.15, -0.1) is 0 Å². The zero-order valence-corrected chi connectivity index (χ0v) is 21.7. The molecule has 3 rings (SSSR count). The van der Waals surface area contributed by atoms with Crippen molar-refractivity contribution >= 4 is 25.6 Å². The SMILES string of the molecule is CC1(C)CNC2CCCCC2N1c1ccc(OCCO[Si](C)(C)C(C)(C)C)cc1Cl. The van der Waals surface area contributed by atoms with E-state index in [1.807, 2.05) is 6.07 Å². The van der Waals surface area contributed by atoms with E-state index in [0.29, 0.717) is 25.3 Å². The molecule has 170 valence electrons. The number of hydrogen-bond acceptors (Lipinski definition) is 4. The van der Waals surface area contributed by atoms with Crippen LogP contribution in [0.3, 0.4) is 0 Å². The van der Waals surface area contributed by atoms with Crippen molar-refractivity contribution in [2.24, 2.45) is 0 Å². The second-order valence-corrected chi connectivity index (χ2v) is 16.3. The molecule has 2 aliphatic rings. The maximum absolute atomic E-state index is 6.80. The molecule has 2 atom stereocenters. The van der Waals surface area contributed by atoms with Crippen LogP contribution in [-0.2, 0) is 4.43 Å². The summed E-state index contributed by atoms with van der Waals surface area (Å²) in [5.74, 6) is 0.815. The smallest absolute Gasteiger partial charge is 0.192 e. The topological polar surface area (TPSA) is 33.7 Å².